The molecule has 2 aromatic carbocycles. The van der Waals surface area contributed by atoms with Gasteiger partial charge < -0.3 is 4.90 Å². The van der Waals surface area contributed by atoms with Crippen LogP contribution in [-0.4, -0.2) is 58.8 Å². The van der Waals surface area contributed by atoms with Crippen molar-refractivity contribution in [1.82, 2.24) is 25.1 Å². The molecule has 0 atom stereocenters. The number of benzene rings is 2. The third-order valence-electron chi connectivity index (χ3n) is 4.84. The number of halogens is 1. The number of aromatic nitrogens is 2. The van der Waals surface area contributed by atoms with Crippen LogP contribution in [0.4, 0.5) is 0 Å². The molecule has 1 saturated heterocycles. The number of rotatable bonds is 4. The monoisotopic (exact) mass is 439 g/mol. The molecule has 0 saturated carbocycles. The van der Waals surface area contributed by atoms with Crippen LogP contribution in [0.1, 0.15) is 10.4 Å². The second-order valence-corrected chi connectivity index (χ2v) is 7.83. The molecule has 7 heteroatoms. The first-order chi connectivity index (χ1) is 13.6. The molecule has 0 unspecified atom stereocenters. The zero-order valence-electron chi connectivity index (χ0n) is 15.7. The van der Waals surface area contributed by atoms with Gasteiger partial charge in [-0.25, -0.2) is 9.69 Å². The molecular formula is C21H22BrN5O. The van der Waals surface area contributed by atoms with E-state index in [1.807, 2.05) is 59.6 Å². The first-order valence-electron chi connectivity index (χ1n) is 9.25. The fourth-order valence-electron chi connectivity index (χ4n) is 3.22. The van der Waals surface area contributed by atoms with Gasteiger partial charge in [-0.3, -0.25) is 10.2 Å². The van der Waals surface area contributed by atoms with Crippen molar-refractivity contribution < 1.29 is 4.79 Å². The molecule has 28 heavy (non-hydrogen) atoms. The molecule has 0 bridgehead atoms. The maximum Gasteiger partial charge on any atom is 0.269 e. The molecule has 0 aliphatic carbocycles. The van der Waals surface area contributed by atoms with E-state index in [0.29, 0.717) is 11.3 Å². The Kier molecular flexibility index (Phi) is 5.57. The zero-order chi connectivity index (χ0) is 19.5. The van der Waals surface area contributed by atoms with Gasteiger partial charge in [0.2, 0.25) is 0 Å². The molecule has 4 rings (SSSR count). The van der Waals surface area contributed by atoms with Crippen molar-refractivity contribution in [3.8, 4) is 16.9 Å². The van der Waals surface area contributed by atoms with Crippen LogP contribution < -0.4 is 5.43 Å². The van der Waals surface area contributed by atoms with Crippen LogP contribution >= 0.6 is 15.9 Å². The van der Waals surface area contributed by atoms with Gasteiger partial charge in [-0.1, -0.05) is 46.3 Å². The summed E-state index contributed by atoms with van der Waals surface area (Å²) in [5, 5.41) is 6.71. The summed E-state index contributed by atoms with van der Waals surface area (Å²) in [6.07, 6.45) is 1.80. The molecule has 1 aromatic heterocycles. The predicted molar refractivity (Wildman–Crippen MR) is 113 cm³/mol. The van der Waals surface area contributed by atoms with Crippen molar-refractivity contribution >= 4 is 21.8 Å². The molecule has 1 aliphatic heterocycles. The number of hydrogen-bond donors (Lipinski definition) is 1. The number of likely N-dealkylation sites (N-methyl/N-ethyl adjacent to an activating group) is 1. The quantitative estimate of drug-likeness (QED) is 0.677. The van der Waals surface area contributed by atoms with E-state index in [4.69, 9.17) is 5.10 Å². The predicted octanol–water partition coefficient (Wildman–Crippen LogP) is 3.19. The Balaban J connectivity index is 1.68. The minimum Gasteiger partial charge on any atom is -0.304 e. The van der Waals surface area contributed by atoms with Crippen molar-refractivity contribution in [1.29, 1.82) is 0 Å². The second-order valence-electron chi connectivity index (χ2n) is 6.91. The summed E-state index contributed by atoms with van der Waals surface area (Å²) in [7, 11) is 2.09. The van der Waals surface area contributed by atoms with Gasteiger partial charge in [0.1, 0.15) is 5.69 Å². The number of para-hydroxylation sites is 1. The lowest BCUT2D eigenvalue weighted by molar-refractivity contribution is 0.0663. The minimum atomic E-state index is -0.137. The highest BCUT2D eigenvalue weighted by Crippen LogP contribution is 2.26. The van der Waals surface area contributed by atoms with Crippen molar-refractivity contribution in [2.24, 2.45) is 0 Å². The molecule has 1 N–H and O–H groups in total. The Morgan fingerprint density at radius 2 is 1.79 bits per heavy atom. The van der Waals surface area contributed by atoms with Crippen LogP contribution in [0, 0.1) is 0 Å². The van der Waals surface area contributed by atoms with Crippen LogP contribution in [0.25, 0.3) is 16.9 Å². The number of piperazine rings is 1. The average Bonchev–Trinajstić information content (AvgIpc) is 3.16. The Morgan fingerprint density at radius 3 is 2.50 bits per heavy atom. The number of amides is 1. The van der Waals surface area contributed by atoms with Gasteiger partial charge in [0.05, 0.1) is 11.3 Å². The molecule has 0 spiro atoms. The maximum absolute atomic E-state index is 13.1. The third-order valence-corrected chi connectivity index (χ3v) is 5.33. The molecule has 1 aliphatic rings. The molecule has 6 nitrogen and oxygen atoms in total. The van der Waals surface area contributed by atoms with Crippen LogP contribution in [0.15, 0.2) is 65.3 Å². The molecular weight excluding hydrogens is 418 g/mol. The van der Waals surface area contributed by atoms with E-state index >= 15 is 0 Å². The highest BCUT2D eigenvalue weighted by molar-refractivity contribution is 9.10. The van der Waals surface area contributed by atoms with E-state index in [2.05, 4.69) is 33.3 Å². The van der Waals surface area contributed by atoms with Gasteiger partial charge >= 0.3 is 0 Å². The summed E-state index contributed by atoms with van der Waals surface area (Å²) in [6, 6.07) is 17.7. The first-order valence-corrected chi connectivity index (χ1v) is 10.0. The summed E-state index contributed by atoms with van der Waals surface area (Å²) in [6.45, 7) is 3.48. The van der Waals surface area contributed by atoms with E-state index in [-0.39, 0.29) is 5.91 Å². The van der Waals surface area contributed by atoms with Crippen LogP contribution in [0.2, 0.25) is 0 Å². The molecule has 3 aromatic rings. The number of hydrazine groups is 1. The standard InChI is InChI=1S/C21H22BrN5O/c1-25-10-12-26(13-11-25)24-21(28)19-15-27(18-8-3-2-4-9-18)23-20(19)16-6-5-7-17(22)14-16/h2-9,14-15H,10-13H2,1H3,(H,24,28). The number of carbonyl (C=O) groups excluding carboxylic acids is 1. The SMILES string of the molecule is CN1CCN(NC(=O)c2cn(-c3ccccc3)nc2-c2cccc(Br)c2)CC1. The van der Waals surface area contributed by atoms with E-state index in [9.17, 15) is 4.79 Å². The van der Waals surface area contributed by atoms with Crippen LogP contribution in [0.3, 0.4) is 0 Å². The Labute approximate surface area is 172 Å². The smallest absolute Gasteiger partial charge is 0.269 e. The van der Waals surface area contributed by atoms with Gasteiger partial charge in [-0.05, 0) is 31.3 Å². The van der Waals surface area contributed by atoms with E-state index in [0.717, 1.165) is 41.9 Å². The number of carbonyl (C=O) groups is 1. The van der Waals surface area contributed by atoms with E-state index in [1.54, 1.807) is 10.9 Å². The summed E-state index contributed by atoms with van der Waals surface area (Å²) in [5.74, 6) is -0.137. The van der Waals surface area contributed by atoms with Crippen LogP contribution in [0.5, 0.6) is 0 Å². The van der Waals surface area contributed by atoms with Crippen molar-refractivity contribution in [3.63, 3.8) is 0 Å². The molecule has 0 radical (unpaired) electrons. The van der Waals surface area contributed by atoms with Gasteiger partial charge in [0, 0.05) is 42.4 Å². The number of hydrogen-bond acceptors (Lipinski definition) is 4. The minimum absolute atomic E-state index is 0.137. The largest absolute Gasteiger partial charge is 0.304 e. The fourth-order valence-corrected chi connectivity index (χ4v) is 3.62. The van der Waals surface area contributed by atoms with E-state index < -0.39 is 0 Å². The van der Waals surface area contributed by atoms with Crippen molar-refractivity contribution in [2.45, 2.75) is 0 Å². The van der Waals surface area contributed by atoms with Crippen molar-refractivity contribution in [3.05, 3.63) is 70.8 Å². The topological polar surface area (TPSA) is 53.4 Å². The summed E-state index contributed by atoms with van der Waals surface area (Å²) in [5.41, 5.74) is 6.08. The lowest BCUT2D eigenvalue weighted by Gasteiger charge is -2.32. The second kappa shape index (κ2) is 8.26. The maximum atomic E-state index is 13.1. The highest BCUT2D eigenvalue weighted by Gasteiger charge is 2.22. The number of nitrogens with one attached hydrogen (secondary N) is 1. The van der Waals surface area contributed by atoms with Crippen molar-refractivity contribution in [2.75, 3.05) is 33.2 Å². The summed E-state index contributed by atoms with van der Waals surface area (Å²) >= 11 is 3.51. The Hall–Kier alpha value is -2.48. The average molecular weight is 440 g/mol. The third kappa shape index (κ3) is 4.16. The normalized spacial score (nSPS) is 15.5. The molecule has 2 heterocycles. The lowest BCUT2D eigenvalue weighted by Crippen LogP contribution is -2.52. The lowest BCUT2D eigenvalue weighted by atomic mass is 10.1. The van der Waals surface area contributed by atoms with Gasteiger partial charge in [0.15, 0.2) is 0 Å². The fraction of sp³-hybridized carbons (Fsp3) is 0.238. The highest BCUT2D eigenvalue weighted by atomic mass is 79.9. The van der Waals surface area contributed by atoms with E-state index in [1.165, 1.54) is 0 Å². The number of nitrogens with zero attached hydrogens (tertiary/aromatic N) is 4. The Bertz CT molecular complexity index is 964. The van der Waals surface area contributed by atoms with Crippen LogP contribution in [-0.2, 0) is 0 Å². The van der Waals surface area contributed by atoms with Gasteiger partial charge in [-0.15, -0.1) is 0 Å². The first kappa shape index (κ1) is 18.9. The molecule has 1 amide bonds. The molecule has 144 valence electrons. The van der Waals surface area contributed by atoms with Gasteiger partial charge in [0.25, 0.3) is 5.91 Å². The summed E-state index contributed by atoms with van der Waals surface area (Å²) in [4.78, 5) is 15.3. The van der Waals surface area contributed by atoms with Gasteiger partial charge in [-0.2, -0.15) is 5.10 Å². The summed E-state index contributed by atoms with van der Waals surface area (Å²) < 4.78 is 2.71. The zero-order valence-corrected chi connectivity index (χ0v) is 17.3. The molecule has 1 fully saturated rings. The Morgan fingerprint density at radius 1 is 1.04 bits per heavy atom.